The largest absolute Gasteiger partial charge is 0.493 e. The third-order valence-corrected chi connectivity index (χ3v) is 4.59. The maximum Gasteiger partial charge on any atom is 0.251 e. The van der Waals surface area contributed by atoms with E-state index < -0.39 is 0 Å². The molecule has 0 fully saturated rings. The Kier molecular flexibility index (Phi) is 5.93. The lowest BCUT2D eigenvalue weighted by Gasteiger charge is -2.10. The first kappa shape index (κ1) is 20.2. The van der Waals surface area contributed by atoms with Gasteiger partial charge in [-0.3, -0.25) is 4.79 Å². The number of amides is 1. The van der Waals surface area contributed by atoms with Crippen LogP contribution in [0.5, 0.6) is 17.4 Å². The zero-order chi connectivity index (χ0) is 21.6. The van der Waals surface area contributed by atoms with E-state index in [1.165, 1.54) is 6.33 Å². The third-order valence-electron chi connectivity index (χ3n) is 4.59. The van der Waals surface area contributed by atoms with Crippen LogP contribution in [-0.2, 0) is 6.54 Å². The van der Waals surface area contributed by atoms with Crippen molar-refractivity contribution in [3.63, 3.8) is 0 Å². The molecule has 2 aromatic carbocycles. The average Bonchev–Trinajstić information content (AvgIpc) is 3.23. The van der Waals surface area contributed by atoms with Gasteiger partial charge in [0.1, 0.15) is 17.8 Å². The minimum Gasteiger partial charge on any atom is -0.493 e. The van der Waals surface area contributed by atoms with E-state index in [2.05, 4.69) is 15.3 Å². The number of rotatable bonds is 7. The van der Waals surface area contributed by atoms with Gasteiger partial charge in [0.2, 0.25) is 5.88 Å². The summed E-state index contributed by atoms with van der Waals surface area (Å²) in [6, 6.07) is 20.0. The van der Waals surface area contributed by atoms with E-state index in [0.717, 1.165) is 11.3 Å². The van der Waals surface area contributed by atoms with E-state index in [9.17, 15) is 4.79 Å². The third kappa shape index (κ3) is 4.90. The molecule has 31 heavy (non-hydrogen) atoms. The van der Waals surface area contributed by atoms with Crippen LogP contribution >= 0.6 is 0 Å². The molecule has 0 unspecified atom stereocenters. The van der Waals surface area contributed by atoms with Crippen molar-refractivity contribution in [2.24, 2.45) is 0 Å². The first-order chi connectivity index (χ1) is 15.1. The minimum absolute atomic E-state index is 0.177. The standard InChI is InChI=1S/C24H21N3O4/c1-16-7-12-19(30-16)14-25-24(28)18-10-8-17(9-11-18)20-13-23(27-15-26-20)31-22-6-4-3-5-21(22)29-2/h3-13,15H,14H2,1-2H3,(H,25,28). The fourth-order valence-corrected chi connectivity index (χ4v) is 3.01. The predicted molar refractivity (Wildman–Crippen MR) is 115 cm³/mol. The van der Waals surface area contributed by atoms with E-state index in [-0.39, 0.29) is 5.91 Å². The molecular weight excluding hydrogens is 394 g/mol. The molecular formula is C24H21N3O4. The summed E-state index contributed by atoms with van der Waals surface area (Å²) in [6.45, 7) is 2.20. The normalized spacial score (nSPS) is 10.5. The van der Waals surface area contributed by atoms with Crippen LogP contribution in [0.25, 0.3) is 11.3 Å². The van der Waals surface area contributed by atoms with Crippen LogP contribution in [0.3, 0.4) is 0 Å². The maximum absolute atomic E-state index is 12.4. The van der Waals surface area contributed by atoms with Crippen molar-refractivity contribution in [1.82, 2.24) is 15.3 Å². The monoisotopic (exact) mass is 415 g/mol. The van der Waals surface area contributed by atoms with Gasteiger partial charge in [0.15, 0.2) is 11.5 Å². The Morgan fingerprint density at radius 3 is 2.48 bits per heavy atom. The van der Waals surface area contributed by atoms with Gasteiger partial charge in [0.05, 0.1) is 19.3 Å². The van der Waals surface area contributed by atoms with Crippen LogP contribution < -0.4 is 14.8 Å². The molecule has 4 rings (SSSR count). The molecule has 0 saturated carbocycles. The second-order valence-corrected chi connectivity index (χ2v) is 6.77. The Balaban J connectivity index is 1.45. The molecule has 4 aromatic rings. The molecule has 1 amide bonds. The lowest BCUT2D eigenvalue weighted by molar-refractivity contribution is 0.0948. The molecule has 2 heterocycles. The van der Waals surface area contributed by atoms with Crippen LogP contribution in [0.4, 0.5) is 0 Å². The van der Waals surface area contributed by atoms with E-state index in [1.807, 2.05) is 49.4 Å². The van der Waals surface area contributed by atoms with Gasteiger partial charge < -0.3 is 19.2 Å². The summed E-state index contributed by atoms with van der Waals surface area (Å²) >= 11 is 0. The van der Waals surface area contributed by atoms with Crippen LogP contribution in [0.15, 0.2) is 77.5 Å². The second kappa shape index (κ2) is 9.13. The Bertz CT molecular complexity index is 1190. The topological polar surface area (TPSA) is 86.5 Å². The minimum atomic E-state index is -0.177. The average molecular weight is 415 g/mol. The summed E-state index contributed by atoms with van der Waals surface area (Å²) in [4.78, 5) is 20.9. The van der Waals surface area contributed by atoms with Gasteiger partial charge >= 0.3 is 0 Å². The van der Waals surface area contributed by atoms with Crippen molar-refractivity contribution in [3.05, 3.63) is 90.1 Å². The van der Waals surface area contributed by atoms with E-state index in [0.29, 0.717) is 40.9 Å². The lowest BCUT2D eigenvalue weighted by atomic mass is 10.1. The number of nitrogens with zero attached hydrogens (tertiary/aromatic N) is 2. The van der Waals surface area contributed by atoms with Crippen LogP contribution in [-0.4, -0.2) is 23.0 Å². The van der Waals surface area contributed by atoms with Crippen molar-refractivity contribution < 1.29 is 18.7 Å². The Labute approximate surface area is 179 Å². The van der Waals surface area contributed by atoms with E-state index in [4.69, 9.17) is 13.9 Å². The van der Waals surface area contributed by atoms with Crippen LogP contribution in [0.2, 0.25) is 0 Å². The smallest absolute Gasteiger partial charge is 0.251 e. The van der Waals surface area contributed by atoms with Crippen molar-refractivity contribution in [1.29, 1.82) is 0 Å². The number of ether oxygens (including phenoxy) is 2. The fourth-order valence-electron chi connectivity index (χ4n) is 3.01. The molecule has 0 aliphatic carbocycles. The molecule has 0 radical (unpaired) electrons. The zero-order valence-corrected chi connectivity index (χ0v) is 17.2. The molecule has 0 spiro atoms. The summed E-state index contributed by atoms with van der Waals surface area (Å²) in [5.41, 5.74) is 2.06. The van der Waals surface area contributed by atoms with Crippen LogP contribution in [0.1, 0.15) is 21.9 Å². The van der Waals surface area contributed by atoms with Gasteiger partial charge in [-0.05, 0) is 43.3 Å². The summed E-state index contributed by atoms with van der Waals surface area (Å²) in [6.07, 6.45) is 1.44. The number of benzene rings is 2. The number of para-hydroxylation sites is 2. The molecule has 0 aliphatic heterocycles. The van der Waals surface area contributed by atoms with Gasteiger partial charge in [0, 0.05) is 17.2 Å². The summed E-state index contributed by atoms with van der Waals surface area (Å²) < 4.78 is 16.6. The first-order valence-electron chi connectivity index (χ1n) is 9.69. The number of carbonyl (C=O) groups excluding carboxylic acids is 1. The van der Waals surface area contributed by atoms with Gasteiger partial charge in [-0.1, -0.05) is 24.3 Å². The van der Waals surface area contributed by atoms with Crippen molar-refractivity contribution in [2.75, 3.05) is 7.11 Å². The zero-order valence-electron chi connectivity index (χ0n) is 17.2. The van der Waals surface area contributed by atoms with Crippen LogP contribution in [0, 0.1) is 6.92 Å². The van der Waals surface area contributed by atoms with Gasteiger partial charge in [-0.2, -0.15) is 0 Å². The fraction of sp³-hybridized carbons (Fsp3) is 0.125. The first-order valence-corrected chi connectivity index (χ1v) is 9.69. The molecule has 156 valence electrons. The predicted octanol–water partition coefficient (Wildman–Crippen LogP) is 4.78. The highest BCUT2D eigenvalue weighted by atomic mass is 16.5. The van der Waals surface area contributed by atoms with E-state index in [1.54, 1.807) is 31.4 Å². The van der Waals surface area contributed by atoms with Gasteiger partial charge in [0.25, 0.3) is 5.91 Å². The van der Waals surface area contributed by atoms with Crippen molar-refractivity contribution >= 4 is 5.91 Å². The highest BCUT2D eigenvalue weighted by Gasteiger charge is 2.10. The van der Waals surface area contributed by atoms with Gasteiger partial charge in [-0.15, -0.1) is 0 Å². The quantitative estimate of drug-likeness (QED) is 0.468. The SMILES string of the molecule is COc1ccccc1Oc1cc(-c2ccc(C(=O)NCc3ccc(C)o3)cc2)ncn1. The Hall–Kier alpha value is -4.13. The number of furan rings is 1. The second-order valence-electron chi connectivity index (χ2n) is 6.77. The number of methoxy groups -OCH3 is 1. The number of aromatic nitrogens is 2. The summed E-state index contributed by atoms with van der Waals surface area (Å²) in [5, 5.41) is 2.84. The van der Waals surface area contributed by atoms with Crippen molar-refractivity contribution in [3.8, 4) is 28.6 Å². The number of carbonyl (C=O) groups is 1. The lowest BCUT2D eigenvalue weighted by Crippen LogP contribution is -2.22. The Morgan fingerprint density at radius 2 is 1.77 bits per heavy atom. The summed E-state index contributed by atoms with van der Waals surface area (Å²) in [7, 11) is 1.58. The molecule has 0 aliphatic rings. The molecule has 2 aromatic heterocycles. The van der Waals surface area contributed by atoms with Gasteiger partial charge in [-0.25, -0.2) is 9.97 Å². The molecule has 1 N–H and O–H groups in total. The Morgan fingerprint density at radius 1 is 1.00 bits per heavy atom. The highest BCUT2D eigenvalue weighted by Crippen LogP contribution is 2.31. The highest BCUT2D eigenvalue weighted by molar-refractivity contribution is 5.94. The number of aryl methyl sites for hydroxylation is 1. The molecule has 0 saturated heterocycles. The molecule has 0 bridgehead atoms. The number of hydrogen-bond donors (Lipinski definition) is 1. The van der Waals surface area contributed by atoms with Crippen molar-refractivity contribution in [2.45, 2.75) is 13.5 Å². The summed E-state index contributed by atoms with van der Waals surface area (Å²) in [5.74, 6) is 2.92. The molecule has 7 heteroatoms. The molecule has 7 nitrogen and oxygen atoms in total. The number of hydrogen-bond acceptors (Lipinski definition) is 6. The maximum atomic E-state index is 12.4. The number of nitrogens with one attached hydrogen (secondary N) is 1. The van der Waals surface area contributed by atoms with E-state index >= 15 is 0 Å². The molecule has 0 atom stereocenters.